The van der Waals surface area contributed by atoms with Crippen molar-refractivity contribution >= 4 is 5.71 Å². The summed E-state index contributed by atoms with van der Waals surface area (Å²) in [7, 11) is 0. The van der Waals surface area contributed by atoms with Crippen LogP contribution in [0.4, 0.5) is 0 Å². The maximum Gasteiger partial charge on any atom is 0.123 e. The molecule has 1 aliphatic heterocycles. The van der Waals surface area contributed by atoms with E-state index in [4.69, 9.17) is 14.7 Å². The van der Waals surface area contributed by atoms with Crippen LogP contribution >= 0.6 is 0 Å². The highest BCUT2D eigenvalue weighted by Crippen LogP contribution is 2.31. The maximum atomic E-state index is 8.93. The highest BCUT2D eigenvalue weighted by molar-refractivity contribution is 6.04. The topological polar surface area (TPSA) is 51.1 Å². The quantitative estimate of drug-likeness (QED) is 0.659. The number of fused-ring (bicyclic) bond motifs is 1. The van der Waals surface area contributed by atoms with Crippen molar-refractivity contribution in [1.29, 1.82) is 0 Å². The first kappa shape index (κ1) is 11.5. The summed E-state index contributed by atoms with van der Waals surface area (Å²) in [6.45, 7) is 1.46. The third-order valence-corrected chi connectivity index (χ3v) is 3.63. The molecular weight excluding hydrogens is 230 g/mol. The van der Waals surface area contributed by atoms with Gasteiger partial charge in [0.1, 0.15) is 12.4 Å². The smallest absolute Gasteiger partial charge is 0.123 e. The van der Waals surface area contributed by atoms with Crippen LogP contribution in [0.15, 0.2) is 23.4 Å². The fourth-order valence-electron chi connectivity index (χ4n) is 2.67. The molecule has 0 bridgehead atoms. The summed E-state index contributed by atoms with van der Waals surface area (Å²) in [5.41, 5.74) is 2.93. The van der Waals surface area contributed by atoms with Crippen molar-refractivity contribution in [2.45, 2.75) is 31.8 Å². The summed E-state index contributed by atoms with van der Waals surface area (Å²) in [5.74, 6) is 0.904. The monoisotopic (exact) mass is 247 g/mol. The number of ether oxygens (including phenoxy) is 2. The number of rotatable bonds is 3. The predicted octanol–water partition coefficient (Wildman–Crippen LogP) is 2.37. The molecule has 2 aliphatic rings. The number of hydrogen-bond acceptors (Lipinski definition) is 4. The lowest BCUT2D eigenvalue weighted by Gasteiger charge is -2.14. The van der Waals surface area contributed by atoms with Gasteiger partial charge in [0.2, 0.25) is 0 Å². The van der Waals surface area contributed by atoms with Gasteiger partial charge in [-0.1, -0.05) is 17.3 Å². The van der Waals surface area contributed by atoms with Gasteiger partial charge in [0, 0.05) is 17.7 Å². The molecule has 0 saturated carbocycles. The van der Waals surface area contributed by atoms with Gasteiger partial charge < -0.3 is 14.7 Å². The summed E-state index contributed by atoms with van der Waals surface area (Å²) in [6.07, 6.45) is 4.11. The average molecular weight is 247 g/mol. The normalized spacial score (nSPS) is 24.4. The molecule has 4 heteroatoms. The van der Waals surface area contributed by atoms with E-state index in [0.717, 1.165) is 54.9 Å². The summed E-state index contributed by atoms with van der Waals surface area (Å²) in [5, 5.41) is 12.3. The molecule has 1 aromatic carbocycles. The van der Waals surface area contributed by atoms with Crippen LogP contribution in [0.1, 0.15) is 30.4 Å². The van der Waals surface area contributed by atoms with Gasteiger partial charge in [0.25, 0.3) is 0 Å². The first-order valence-corrected chi connectivity index (χ1v) is 6.46. The van der Waals surface area contributed by atoms with E-state index in [9.17, 15) is 0 Å². The van der Waals surface area contributed by atoms with Crippen molar-refractivity contribution < 1.29 is 14.7 Å². The lowest BCUT2D eigenvalue weighted by molar-refractivity contribution is 0.0676. The van der Waals surface area contributed by atoms with Crippen molar-refractivity contribution in [3.8, 4) is 5.75 Å². The van der Waals surface area contributed by atoms with Crippen LogP contribution in [0.5, 0.6) is 5.75 Å². The fraction of sp³-hybridized carbons (Fsp3) is 0.500. The van der Waals surface area contributed by atoms with E-state index in [1.165, 1.54) is 0 Å². The minimum absolute atomic E-state index is 0.230. The highest BCUT2D eigenvalue weighted by atomic mass is 16.5. The number of benzene rings is 1. The average Bonchev–Trinajstić information content (AvgIpc) is 3.05. The zero-order chi connectivity index (χ0) is 12.4. The van der Waals surface area contributed by atoms with Crippen LogP contribution in [-0.2, 0) is 11.2 Å². The molecule has 1 aromatic rings. The fourth-order valence-corrected chi connectivity index (χ4v) is 2.67. The molecule has 1 heterocycles. The molecule has 18 heavy (non-hydrogen) atoms. The Bertz CT molecular complexity index is 464. The van der Waals surface area contributed by atoms with Gasteiger partial charge in [-0.3, -0.25) is 0 Å². The van der Waals surface area contributed by atoms with Crippen molar-refractivity contribution in [1.82, 2.24) is 0 Å². The molecule has 0 amide bonds. The third-order valence-electron chi connectivity index (χ3n) is 3.63. The van der Waals surface area contributed by atoms with Crippen LogP contribution < -0.4 is 4.74 Å². The van der Waals surface area contributed by atoms with Gasteiger partial charge in [-0.05, 0) is 31.7 Å². The lowest BCUT2D eigenvalue weighted by atomic mass is 10.1. The zero-order valence-corrected chi connectivity index (χ0v) is 10.3. The van der Waals surface area contributed by atoms with Gasteiger partial charge in [0.05, 0.1) is 11.8 Å². The highest BCUT2D eigenvalue weighted by Gasteiger charge is 2.23. The van der Waals surface area contributed by atoms with Gasteiger partial charge in [0.15, 0.2) is 0 Å². The Morgan fingerprint density at radius 3 is 3.11 bits per heavy atom. The van der Waals surface area contributed by atoms with E-state index in [1.54, 1.807) is 0 Å². The molecule has 1 fully saturated rings. The number of hydrogen-bond donors (Lipinski definition) is 1. The number of nitrogens with zero attached hydrogens (tertiary/aromatic N) is 1. The van der Waals surface area contributed by atoms with E-state index in [1.807, 2.05) is 18.2 Å². The van der Waals surface area contributed by atoms with E-state index in [0.29, 0.717) is 6.61 Å². The molecule has 1 atom stereocenters. The molecule has 0 spiro atoms. The summed E-state index contributed by atoms with van der Waals surface area (Å²) < 4.78 is 11.4. The summed E-state index contributed by atoms with van der Waals surface area (Å²) in [4.78, 5) is 0. The standard InChI is InChI=1S/C14H17NO3/c16-15-13-7-6-12-11(13)4-1-5-14(12)18-9-10-3-2-8-17-10/h1,4-5,10,16H,2-3,6-9H2/b15-13-. The van der Waals surface area contributed by atoms with Gasteiger partial charge in [-0.15, -0.1) is 0 Å². The zero-order valence-electron chi connectivity index (χ0n) is 10.3. The second kappa shape index (κ2) is 4.98. The SMILES string of the molecule is O/N=C1/CCc2c(OCC3CCCO3)cccc21. The van der Waals surface area contributed by atoms with Crippen molar-refractivity contribution in [3.05, 3.63) is 29.3 Å². The van der Waals surface area contributed by atoms with Crippen LogP contribution in [0.25, 0.3) is 0 Å². The van der Waals surface area contributed by atoms with Crippen LogP contribution in [0.3, 0.4) is 0 Å². The van der Waals surface area contributed by atoms with E-state index in [2.05, 4.69) is 5.16 Å². The van der Waals surface area contributed by atoms with Crippen LogP contribution in [0, 0.1) is 0 Å². The molecule has 0 aromatic heterocycles. The lowest BCUT2D eigenvalue weighted by Crippen LogP contribution is -2.16. The Kier molecular flexibility index (Phi) is 3.19. The van der Waals surface area contributed by atoms with Crippen molar-refractivity contribution in [2.75, 3.05) is 13.2 Å². The van der Waals surface area contributed by atoms with E-state index >= 15 is 0 Å². The molecule has 3 rings (SSSR count). The first-order chi connectivity index (χ1) is 8.88. The molecule has 96 valence electrons. The van der Waals surface area contributed by atoms with E-state index < -0.39 is 0 Å². The minimum atomic E-state index is 0.230. The van der Waals surface area contributed by atoms with Crippen molar-refractivity contribution in [2.24, 2.45) is 5.16 Å². The molecular formula is C14H17NO3. The Balaban J connectivity index is 1.75. The molecule has 0 radical (unpaired) electrons. The van der Waals surface area contributed by atoms with Crippen LogP contribution in [0.2, 0.25) is 0 Å². The number of oxime groups is 1. The van der Waals surface area contributed by atoms with Crippen LogP contribution in [-0.4, -0.2) is 30.2 Å². The summed E-state index contributed by atoms with van der Waals surface area (Å²) in [6, 6.07) is 5.91. The second-order valence-corrected chi connectivity index (χ2v) is 4.77. The predicted molar refractivity (Wildman–Crippen MR) is 67.6 cm³/mol. The Morgan fingerprint density at radius 2 is 2.33 bits per heavy atom. The molecule has 1 aliphatic carbocycles. The second-order valence-electron chi connectivity index (χ2n) is 4.77. The van der Waals surface area contributed by atoms with Gasteiger partial charge >= 0.3 is 0 Å². The molecule has 4 nitrogen and oxygen atoms in total. The summed E-state index contributed by atoms with van der Waals surface area (Å²) >= 11 is 0. The third kappa shape index (κ3) is 2.08. The van der Waals surface area contributed by atoms with Gasteiger partial charge in [-0.2, -0.15) is 0 Å². The van der Waals surface area contributed by atoms with Gasteiger partial charge in [-0.25, -0.2) is 0 Å². The van der Waals surface area contributed by atoms with Crippen molar-refractivity contribution in [3.63, 3.8) is 0 Å². The van der Waals surface area contributed by atoms with E-state index in [-0.39, 0.29) is 6.10 Å². The Morgan fingerprint density at radius 1 is 1.39 bits per heavy atom. The molecule has 1 saturated heterocycles. The Labute approximate surface area is 106 Å². The molecule has 1 N–H and O–H groups in total. The maximum absolute atomic E-state index is 8.93. The Hall–Kier alpha value is -1.55. The largest absolute Gasteiger partial charge is 0.491 e. The minimum Gasteiger partial charge on any atom is -0.491 e. The molecule has 1 unspecified atom stereocenters. The first-order valence-electron chi connectivity index (χ1n) is 6.46.